The number of thioether (sulfide) groups is 1. The van der Waals surface area contributed by atoms with Crippen molar-refractivity contribution in [3.63, 3.8) is 0 Å². The van der Waals surface area contributed by atoms with Crippen LogP contribution in [0.4, 0.5) is 4.39 Å². The lowest BCUT2D eigenvalue weighted by atomic mass is 10.2. The third kappa shape index (κ3) is 6.55. The normalized spacial score (nSPS) is 11.0. The maximum Gasteiger partial charge on any atom is 0.209 e. The molecule has 3 aromatic rings. The molecule has 0 saturated carbocycles. The quantitative estimate of drug-likeness (QED) is 0.286. The summed E-state index contributed by atoms with van der Waals surface area (Å²) >= 11 is 11.3. The molecule has 1 heterocycles. The van der Waals surface area contributed by atoms with E-state index >= 15 is 0 Å². The maximum atomic E-state index is 14.0. The molecule has 0 unspecified atom stereocenters. The van der Waals surface area contributed by atoms with Crippen molar-refractivity contribution in [1.29, 1.82) is 0 Å². The zero-order valence-electron chi connectivity index (χ0n) is 17.1. The van der Waals surface area contributed by atoms with Crippen LogP contribution in [0.15, 0.2) is 40.0 Å². The second-order valence-electron chi connectivity index (χ2n) is 6.42. The van der Waals surface area contributed by atoms with Crippen LogP contribution in [-0.4, -0.2) is 39.1 Å². The van der Waals surface area contributed by atoms with Crippen LogP contribution in [-0.2, 0) is 20.2 Å². The predicted octanol–water partition coefficient (Wildman–Crippen LogP) is 4.62. The summed E-state index contributed by atoms with van der Waals surface area (Å²) in [6.45, 7) is 3.79. The fraction of sp³-hybridized carbons (Fsp3) is 0.350. The molecule has 0 aliphatic carbocycles. The first-order valence-electron chi connectivity index (χ1n) is 9.56. The van der Waals surface area contributed by atoms with Crippen LogP contribution in [0.2, 0.25) is 5.02 Å². The first-order valence-corrected chi connectivity index (χ1v) is 11.7. The molecule has 0 atom stereocenters. The minimum Gasteiger partial charge on any atom is -0.490 e. The summed E-state index contributed by atoms with van der Waals surface area (Å²) in [7, 11) is 1.81. The topological polar surface area (TPSA) is 74.1 Å². The predicted molar refractivity (Wildman–Crippen MR) is 122 cm³/mol. The molecule has 0 bridgehead atoms. The molecule has 7 nitrogen and oxygen atoms in total. The van der Waals surface area contributed by atoms with E-state index < -0.39 is 5.82 Å². The van der Waals surface area contributed by atoms with Crippen LogP contribution in [0.1, 0.15) is 18.1 Å². The third-order valence-corrected chi connectivity index (χ3v) is 6.36. The highest BCUT2D eigenvalue weighted by molar-refractivity contribution is 9.10. The molecule has 3 rings (SSSR count). The van der Waals surface area contributed by atoms with Gasteiger partial charge in [-0.15, -0.1) is 5.10 Å². The highest BCUT2D eigenvalue weighted by Gasteiger charge is 2.14. The second kappa shape index (κ2) is 11.7. The first-order chi connectivity index (χ1) is 15.0. The molecule has 11 heteroatoms. The second-order valence-corrected chi connectivity index (χ2v) is 8.75. The van der Waals surface area contributed by atoms with Gasteiger partial charge in [0.2, 0.25) is 5.16 Å². The Labute approximate surface area is 197 Å². The van der Waals surface area contributed by atoms with Crippen molar-refractivity contribution in [1.82, 2.24) is 25.5 Å². The lowest BCUT2D eigenvalue weighted by Gasteiger charge is -2.16. The molecule has 0 aliphatic heterocycles. The molecule has 0 spiro atoms. The summed E-state index contributed by atoms with van der Waals surface area (Å²) < 4.78 is 28.1. The van der Waals surface area contributed by atoms with Crippen molar-refractivity contribution in [3.8, 4) is 11.5 Å². The lowest BCUT2D eigenvalue weighted by Crippen LogP contribution is -2.17. The van der Waals surface area contributed by atoms with Gasteiger partial charge in [-0.1, -0.05) is 45.4 Å². The molecule has 166 valence electrons. The number of aryl methyl sites for hydroxylation is 1. The van der Waals surface area contributed by atoms with Gasteiger partial charge in [0.05, 0.1) is 11.6 Å². The Kier molecular flexibility index (Phi) is 8.94. The number of rotatable bonds is 11. The monoisotopic (exact) mass is 529 g/mol. The Hall–Kier alpha value is -1.88. The zero-order chi connectivity index (χ0) is 22.2. The van der Waals surface area contributed by atoms with Crippen LogP contribution in [0, 0.1) is 5.82 Å². The molecule has 0 aliphatic rings. The summed E-state index contributed by atoms with van der Waals surface area (Å²) in [6, 6.07) is 8.30. The Morgan fingerprint density at radius 1 is 1.26 bits per heavy atom. The van der Waals surface area contributed by atoms with Gasteiger partial charge >= 0.3 is 0 Å². The van der Waals surface area contributed by atoms with Gasteiger partial charge in [0, 0.05) is 35.9 Å². The molecule has 0 fully saturated rings. The minimum absolute atomic E-state index is 0.00372. The van der Waals surface area contributed by atoms with Crippen LogP contribution >= 0.6 is 39.3 Å². The van der Waals surface area contributed by atoms with E-state index in [9.17, 15) is 4.39 Å². The van der Waals surface area contributed by atoms with Crippen molar-refractivity contribution < 1.29 is 13.9 Å². The number of ether oxygens (including phenoxy) is 2. The van der Waals surface area contributed by atoms with E-state index in [1.165, 1.54) is 6.07 Å². The minimum atomic E-state index is -0.402. The van der Waals surface area contributed by atoms with Crippen LogP contribution in [0.3, 0.4) is 0 Å². The number of hydrogen-bond donors (Lipinski definition) is 1. The Balaban J connectivity index is 1.60. The molecule has 0 amide bonds. The maximum absolute atomic E-state index is 14.0. The van der Waals surface area contributed by atoms with Crippen molar-refractivity contribution in [2.24, 2.45) is 7.05 Å². The summed E-state index contributed by atoms with van der Waals surface area (Å²) in [4.78, 5) is 0. The Bertz CT molecular complexity index is 1000. The van der Waals surface area contributed by atoms with Gasteiger partial charge in [0.1, 0.15) is 12.4 Å². The van der Waals surface area contributed by atoms with Crippen molar-refractivity contribution in [3.05, 3.63) is 56.8 Å². The highest BCUT2D eigenvalue weighted by Crippen LogP contribution is 2.35. The van der Waals surface area contributed by atoms with E-state index in [2.05, 4.69) is 36.8 Å². The standard InChI is InChI=1S/C20H22BrClFN5O2S/c1-3-29-18-9-13(11-24-7-8-31-20-25-26-27-28(20)2)15(21)10-19(18)30-12-14-16(22)5-4-6-17(14)23/h4-6,9-10,24H,3,7-8,11-12H2,1-2H3. The highest BCUT2D eigenvalue weighted by atomic mass is 79.9. The van der Waals surface area contributed by atoms with Crippen LogP contribution < -0.4 is 14.8 Å². The number of hydrogen-bond acceptors (Lipinski definition) is 7. The SMILES string of the molecule is CCOc1cc(CNCCSc2nnnn2C)c(Br)cc1OCc1c(F)cccc1Cl. The summed E-state index contributed by atoms with van der Waals surface area (Å²) in [6.07, 6.45) is 0. The number of halogens is 3. The van der Waals surface area contributed by atoms with E-state index in [1.807, 2.05) is 26.1 Å². The average Bonchev–Trinajstić information content (AvgIpc) is 3.15. The van der Waals surface area contributed by atoms with Crippen LogP contribution in [0.25, 0.3) is 0 Å². The van der Waals surface area contributed by atoms with E-state index in [1.54, 1.807) is 28.6 Å². The fourth-order valence-electron chi connectivity index (χ4n) is 2.70. The number of benzene rings is 2. The third-order valence-electron chi connectivity index (χ3n) is 4.25. The zero-order valence-corrected chi connectivity index (χ0v) is 20.2. The molecular formula is C20H22BrClFN5O2S. The van der Waals surface area contributed by atoms with Gasteiger partial charge in [-0.05, 0) is 47.2 Å². The van der Waals surface area contributed by atoms with Gasteiger partial charge in [0.15, 0.2) is 11.5 Å². The molecule has 31 heavy (non-hydrogen) atoms. The van der Waals surface area contributed by atoms with Gasteiger partial charge in [-0.25, -0.2) is 9.07 Å². The number of nitrogens with one attached hydrogen (secondary N) is 1. The molecule has 1 aromatic heterocycles. The fourth-order valence-corrected chi connectivity index (χ4v) is 4.12. The summed E-state index contributed by atoms with van der Waals surface area (Å²) in [5.41, 5.74) is 1.33. The largest absolute Gasteiger partial charge is 0.490 e. The smallest absolute Gasteiger partial charge is 0.209 e. The Morgan fingerprint density at radius 2 is 2.06 bits per heavy atom. The Morgan fingerprint density at radius 3 is 2.77 bits per heavy atom. The summed E-state index contributed by atoms with van der Waals surface area (Å²) in [5, 5.41) is 15.9. The summed E-state index contributed by atoms with van der Waals surface area (Å²) in [5.74, 6) is 1.53. The van der Waals surface area contributed by atoms with Gasteiger partial charge in [0.25, 0.3) is 0 Å². The van der Waals surface area contributed by atoms with Crippen molar-refractivity contribution in [2.45, 2.75) is 25.2 Å². The van der Waals surface area contributed by atoms with Gasteiger partial charge in [-0.3, -0.25) is 0 Å². The molecule has 1 N–H and O–H groups in total. The van der Waals surface area contributed by atoms with Crippen molar-refractivity contribution >= 4 is 39.3 Å². The lowest BCUT2D eigenvalue weighted by molar-refractivity contribution is 0.265. The van der Waals surface area contributed by atoms with E-state index in [-0.39, 0.29) is 6.61 Å². The van der Waals surface area contributed by atoms with E-state index in [0.717, 1.165) is 27.5 Å². The molecule has 0 saturated heterocycles. The van der Waals surface area contributed by atoms with Crippen LogP contribution in [0.5, 0.6) is 11.5 Å². The van der Waals surface area contributed by atoms with Gasteiger partial charge in [-0.2, -0.15) is 0 Å². The van der Waals surface area contributed by atoms with E-state index in [4.69, 9.17) is 21.1 Å². The average molecular weight is 531 g/mol. The molecular weight excluding hydrogens is 509 g/mol. The van der Waals surface area contributed by atoms with Crippen molar-refractivity contribution in [2.75, 3.05) is 18.9 Å². The number of nitrogens with zero attached hydrogens (tertiary/aromatic N) is 4. The molecule has 2 aromatic carbocycles. The first kappa shape index (κ1) is 23.8. The van der Waals surface area contributed by atoms with Gasteiger partial charge < -0.3 is 14.8 Å². The number of aromatic nitrogens is 4. The molecule has 0 radical (unpaired) electrons. The number of tetrazole rings is 1. The van der Waals surface area contributed by atoms with E-state index in [0.29, 0.717) is 35.2 Å².